The van der Waals surface area contributed by atoms with Gasteiger partial charge in [-0.3, -0.25) is 0 Å². The van der Waals surface area contributed by atoms with Crippen LogP contribution < -0.4 is 0 Å². The lowest BCUT2D eigenvalue weighted by atomic mass is 9.94. The maximum Gasteiger partial charge on any atom is -0.0152 e. The van der Waals surface area contributed by atoms with Gasteiger partial charge in [0, 0.05) is 0 Å². The van der Waals surface area contributed by atoms with Gasteiger partial charge in [0.2, 0.25) is 0 Å². The summed E-state index contributed by atoms with van der Waals surface area (Å²) in [7, 11) is 0. The highest BCUT2D eigenvalue weighted by Crippen LogP contribution is 2.25. The molecule has 0 saturated carbocycles. The average Bonchev–Trinajstić information content (AvgIpc) is 2.23. The predicted octanol–water partition coefficient (Wildman–Crippen LogP) is 4.45. The molecule has 0 fully saturated rings. The van der Waals surface area contributed by atoms with E-state index in [-0.39, 0.29) is 0 Å². The Labute approximate surface area is 92.6 Å². The molecule has 1 rings (SSSR count). The van der Waals surface area contributed by atoms with Crippen molar-refractivity contribution < 1.29 is 0 Å². The van der Waals surface area contributed by atoms with Crippen LogP contribution in [0.5, 0.6) is 0 Å². The molecule has 0 aliphatic rings. The van der Waals surface area contributed by atoms with E-state index < -0.39 is 0 Å². The number of allylic oxidation sites excluding steroid dienone is 4. The minimum absolute atomic E-state index is 1.05. The first-order chi connectivity index (χ1) is 7.10. The Morgan fingerprint density at radius 2 is 1.93 bits per heavy atom. The first kappa shape index (κ1) is 11.5. The molecule has 0 spiro atoms. The molecule has 78 valence electrons. The minimum atomic E-state index is 1.05. The van der Waals surface area contributed by atoms with Crippen molar-refractivity contribution in [3.8, 4) is 0 Å². The molecule has 0 N–H and O–H groups in total. The van der Waals surface area contributed by atoms with E-state index in [1.807, 2.05) is 19.1 Å². The van der Waals surface area contributed by atoms with Crippen molar-refractivity contribution >= 4 is 5.57 Å². The molecule has 0 heteroatoms. The van der Waals surface area contributed by atoms with E-state index in [2.05, 4.69) is 45.2 Å². The Bertz CT molecular complexity index is 420. The normalized spacial score (nSPS) is 11.3. The summed E-state index contributed by atoms with van der Waals surface area (Å²) < 4.78 is 0. The second-order valence-electron chi connectivity index (χ2n) is 3.75. The van der Waals surface area contributed by atoms with Crippen LogP contribution in [0.4, 0.5) is 0 Å². The number of benzene rings is 1. The van der Waals surface area contributed by atoms with Crippen LogP contribution in [0.1, 0.15) is 23.6 Å². The summed E-state index contributed by atoms with van der Waals surface area (Å²) >= 11 is 0. The van der Waals surface area contributed by atoms with E-state index in [9.17, 15) is 0 Å². The molecule has 0 unspecified atom stereocenters. The molecule has 0 aliphatic carbocycles. The third-order valence-corrected chi connectivity index (χ3v) is 2.60. The molecule has 0 nitrogen and oxygen atoms in total. The molecule has 0 heterocycles. The van der Waals surface area contributed by atoms with Gasteiger partial charge in [-0.15, -0.1) is 0 Å². The van der Waals surface area contributed by atoms with Crippen LogP contribution in [0.2, 0.25) is 0 Å². The Kier molecular flexibility index (Phi) is 3.68. The van der Waals surface area contributed by atoms with Gasteiger partial charge in [-0.1, -0.05) is 49.1 Å². The molecule has 0 radical (unpaired) electrons. The third-order valence-electron chi connectivity index (χ3n) is 2.60. The van der Waals surface area contributed by atoms with Crippen molar-refractivity contribution in [1.82, 2.24) is 0 Å². The van der Waals surface area contributed by atoms with E-state index >= 15 is 0 Å². The SMILES string of the molecule is C=C/C(=C\C)C(=C)c1cc(C)ccc1C. The Hall–Kier alpha value is -1.56. The molecular weight excluding hydrogens is 180 g/mol. The zero-order valence-electron chi connectivity index (χ0n) is 9.80. The summed E-state index contributed by atoms with van der Waals surface area (Å²) in [6.45, 7) is 14.1. The highest BCUT2D eigenvalue weighted by Gasteiger charge is 2.05. The lowest BCUT2D eigenvalue weighted by Gasteiger charge is -2.11. The van der Waals surface area contributed by atoms with Gasteiger partial charge < -0.3 is 0 Å². The maximum absolute atomic E-state index is 4.13. The van der Waals surface area contributed by atoms with E-state index in [4.69, 9.17) is 0 Å². The Morgan fingerprint density at radius 1 is 1.27 bits per heavy atom. The highest BCUT2D eigenvalue weighted by molar-refractivity contribution is 5.81. The molecule has 0 saturated heterocycles. The highest BCUT2D eigenvalue weighted by atomic mass is 14.1. The van der Waals surface area contributed by atoms with Crippen LogP contribution in [0, 0.1) is 13.8 Å². The standard InChI is InChI=1S/C15H18/c1-6-14(7-2)13(5)15-10-11(3)8-9-12(15)4/h6-10H,1,5H2,2-4H3/b14-7+. The molecule has 0 amide bonds. The van der Waals surface area contributed by atoms with Crippen LogP contribution >= 0.6 is 0 Å². The van der Waals surface area contributed by atoms with Crippen molar-refractivity contribution in [2.24, 2.45) is 0 Å². The second-order valence-corrected chi connectivity index (χ2v) is 3.75. The number of aryl methyl sites for hydroxylation is 2. The van der Waals surface area contributed by atoms with Crippen LogP contribution in [0.3, 0.4) is 0 Å². The fourth-order valence-electron chi connectivity index (χ4n) is 1.63. The summed E-state index contributed by atoms with van der Waals surface area (Å²) in [6, 6.07) is 6.42. The lowest BCUT2D eigenvalue weighted by molar-refractivity contribution is 1.36. The summed E-state index contributed by atoms with van der Waals surface area (Å²) in [5.41, 5.74) is 5.88. The zero-order valence-corrected chi connectivity index (χ0v) is 9.80. The van der Waals surface area contributed by atoms with Crippen molar-refractivity contribution in [2.75, 3.05) is 0 Å². The summed E-state index contributed by atoms with van der Waals surface area (Å²) in [5, 5.41) is 0. The Balaban J connectivity index is 3.22. The fourth-order valence-corrected chi connectivity index (χ4v) is 1.63. The van der Waals surface area contributed by atoms with Gasteiger partial charge in [-0.25, -0.2) is 0 Å². The quantitative estimate of drug-likeness (QED) is 0.629. The van der Waals surface area contributed by atoms with E-state index in [0.717, 1.165) is 11.1 Å². The van der Waals surface area contributed by atoms with E-state index in [1.54, 1.807) is 0 Å². The van der Waals surface area contributed by atoms with Crippen LogP contribution in [-0.4, -0.2) is 0 Å². The average molecular weight is 198 g/mol. The van der Waals surface area contributed by atoms with Crippen LogP contribution in [-0.2, 0) is 0 Å². The fraction of sp³-hybridized carbons (Fsp3) is 0.200. The van der Waals surface area contributed by atoms with Gasteiger partial charge in [0.15, 0.2) is 0 Å². The third kappa shape index (κ3) is 2.47. The summed E-state index contributed by atoms with van der Waals surface area (Å²) in [4.78, 5) is 0. The minimum Gasteiger partial charge on any atom is -0.0985 e. The molecule has 1 aromatic carbocycles. The van der Waals surface area contributed by atoms with Crippen LogP contribution in [0.25, 0.3) is 5.57 Å². The van der Waals surface area contributed by atoms with Crippen molar-refractivity contribution in [2.45, 2.75) is 20.8 Å². The van der Waals surface area contributed by atoms with E-state index in [1.165, 1.54) is 16.7 Å². The molecule has 0 aliphatic heterocycles. The summed E-state index contributed by atoms with van der Waals surface area (Å²) in [5.74, 6) is 0. The van der Waals surface area contributed by atoms with Gasteiger partial charge in [0.1, 0.15) is 0 Å². The molecule has 1 aromatic rings. The van der Waals surface area contributed by atoms with Crippen molar-refractivity contribution in [1.29, 1.82) is 0 Å². The molecule has 0 atom stereocenters. The van der Waals surface area contributed by atoms with E-state index in [0.29, 0.717) is 0 Å². The largest absolute Gasteiger partial charge is 0.0985 e. The van der Waals surface area contributed by atoms with Gasteiger partial charge >= 0.3 is 0 Å². The topological polar surface area (TPSA) is 0 Å². The first-order valence-electron chi connectivity index (χ1n) is 5.15. The van der Waals surface area contributed by atoms with Crippen molar-refractivity contribution in [3.05, 3.63) is 65.8 Å². The molecule has 0 bridgehead atoms. The monoisotopic (exact) mass is 198 g/mol. The van der Waals surface area contributed by atoms with Crippen LogP contribution in [0.15, 0.2) is 49.1 Å². The Morgan fingerprint density at radius 3 is 2.47 bits per heavy atom. The molecular formula is C15H18. The van der Waals surface area contributed by atoms with Gasteiger partial charge in [-0.2, -0.15) is 0 Å². The predicted molar refractivity (Wildman–Crippen MR) is 68.9 cm³/mol. The molecule has 0 aromatic heterocycles. The van der Waals surface area contributed by atoms with Gasteiger partial charge in [0.05, 0.1) is 0 Å². The smallest absolute Gasteiger partial charge is 0.0152 e. The lowest BCUT2D eigenvalue weighted by Crippen LogP contribution is -1.91. The van der Waals surface area contributed by atoms with Gasteiger partial charge in [-0.05, 0) is 43.0 Å². The number of hydrogen-bond acceptors (Lipinski definition) is 0. The first-order valence-corrected chi connectivity index (χ1v) is 5.15. The maximum atomic E-state index is 4.13. The van der Waals surface area contributed by atoms with Crippen molar-refractivity contribution in [3.63, 3.8) is 0 Å². The zero-order chi connectivity index (χ0) is 11.4. The second kappa shape index (κ2) is 4.79. The summed E-state index contributed by atoms with van der Waals surface area (Å²) in [6.07, 6.45) is 3.89. The molecule has 15 heavy (non-hydrogen) atoms. The number of rotatable bonds is 3. The van der Waals surface area contributed by atoms with Gasteiger partial charge in [0.25, 0.3) is 0 Å². The number of hydrogen-bond donors (Lipinski definition) is 0.